The summed E-state index contributed by atoms with van der Waals surface area (Å²) in [5.41, 5.74) is 1.13. The van der Waals surface area contributed by atoms with Gasteiger partial charge in [0.25, 0.3) is 0 Å². The van der Waals surface area contributed by atoms with Crippen LogP contribution < -0.4 is 15.4 Å². The summed E-state index contributed by atoms with van der Waals surface area (Å²) in [6.07, 6.45) is 1.70. The van der Waals surface area contributed by atoms with Crippen LogP contribution in [0.1, 0.15) is 17.4 Å². The van der Waals surface area contributed by atoms with Crippen LogP contribution >= 0.6 is 0 Å². The Kier molecular flexibility index (Phi) is 6.69. The van der Waals surface area contributed by atoms with E-state index in [9.17, 15) is 0 Å². The van der Waals surface area contributed by atoms with Crippen molar-refractivity contribution < 1.29 is 9.15 Å². The van der Waals surface area contributed by atoms with E-state index in [1.54, 1.807) is 20.4 Å². The van der Waals surface area contributed by atoms with Crippen molar-refractivity contribution >= 4 is 5.96 Å². The van der Waals surface area contributed by atoms with E-state index in [0.717, 1.165) is 23.0 Å². The maximum Gasteiger partial charge on any atom is 0.191 e. The first kappa shape index (κ1) is 17.9. The average Bonchev–Trinajstić information content (AvgIpc) is 3.12. The van der Waals surface area contributed by atoms with Crippen LogP contribution in [0, 0.1) is 0 Å². The molecule has 1 atom stereocenters. The van der Waals surface area contributed by atoms with E-state index in [0.29, 0.717) is 13.1 Å². The first-order valence-corrected chi connectivity index (χ1v) is 7.91. The van der Waals surface area contributed by atoms with Gasteiger partial charge in [0, 0.05) is 20.1 Å². The van der Waals surface area contributed by atoms with Crippen LogP contribution in [0.5, 0.6) is 5.75 Å². The molecular weight excluding hydrogens is 304 g/mol. The molecule has 1 aromatic heterocycles. The summed E-state index contributed by atoms with van der Waals surface area (Å²) in [4.78, 5) is 6.38. The molecule has 1 aromatic carbocycles. The van der Waals surface area contributed by atoms with Crippen molar-refractivity contribution in [3.63, 3.8) is 0 Å². The number of hydrogen-bond acceptors (Lipinski definition) is 4. The third-order valence-corrected chi connectivity index (χ3v) is 3.78. The predicted molar refractivity (Wildman–Crippen MR) is 96.3 cm³/mol. The Bertz CT molecular complexity index is 638. The summed E-state index contributed by atoms with van der Waals surface area (Å²) >= 11 is 0. The Labute approximate surface area is 143 Å². The number of rotatable bonds is 7. The van der Waals surface area contributed by atoms with Crippen molar-refractivity contribution in [1.82, 2.24) is 15.5 Å². The molecule has 0 saturated carbocycles. The van der Waals surface area contributed by atoms with E-state index in [-0.39, 0.29) is 6.04 Å². The van der Waals surface area contributed by atoms with Gasteiger partial charge in [0.15, 0.2) is 5.96 Å². The molecule has 2 N–H and O–H groups in total. The van der Waals surface area contributed by atoms with Gasteiger partial charge < -0.3 is 19.8 Å². The van der Waals surface area contributed by atoms with Crippen LogP contribution in [0.2, 0.25) is 0 Å². The number of nitrogens with zero attached hydrogens (tertiary/aromatic N) is 2. The van der Waals surface area contributed by atoms with Crippen molar-refractivity contribution in [2.75, 3.05) is 34.8 Å². The Morgan fingerprint density at radius 1 is 1.25 bits per heavy atom. The van der Waals surface area contributed by atoms with Crippen LogP contribution in [0.15, 0.2) is 52.1 Å². The van der Waals surface area contributed by atoms with Gasteiger partial charge in [-0.15, -0.1) is 0 Å². The summed E-state index contributed by atoms with van der Waals surface area (Å²) in [5, 5.41) is 6.65. The Morgan fingerprint density at radius 2 is 2.08 bits per heavy atom. The van der Waals surface area contributed by atoms with Gasteiger partial charge in [0.05, 0.1) is 19.4 Å². The molecule has 6 heteroatoms. The highest BCUT2D eigenvalue weighted by molar-refractivity contribution is 5.79. The fourth-order valence-electron chi connectivity index (χ4n) is 2.40. The lowest BCUT2D eigenvalue weighted by molar-refractivity contribution is 0.258. The molecule has 130 valence electrons. The lowest BCUT2D eigenvalue weighted by atomic mass is 10.2. The first-order chi connectivity index (χ1) is 11.6. The second-order valence-electron chi connectivity index (χ2n) is 5.65. The summed E-state index contributed by atoms with van der Waals surface area (Å²) in [6.45, 7) is 1.36. The van der Waals surface area contributed by atoms with Gasteiger partial charge in [-0.2, -0.15) is 0 Å². The van der Waals surface area contributed by atoms with Crippen LogP contribution in [0.3, 0.4) is 0 Å². The zero-order valence-electron chi connectivity index (χ0n) is 14.7. The first-order valence-electron chi connectivity index (χ1n) is 7.91. The number of nitrogens with one attached hydrogen (secondary N) is 2. The second-order valence-corrected chi connectivity index (χ2v) is 5.65. The van der Waals surface area contributed by atoms with Crippen molar-refractivity contribution in [2.24, 2.45) is 4.99 Å². The highest BCUT2D eigenvalue weighted by atomic mass is 16.5. The monoisotopic (exact) mass is 330 g/mol. The average molecular weight is 330 g/mol. The van der Waals surface area contributed by atoms with Gasteiger partial charge in [-0.1, -0.05) is 12.1 Å². The van der Waals surface area contributed by atoms with Crippen LogP contribution in [-0.2, 0) is 6.54 Å². The molecule has 0 saturated heterocycles. The van der Waals surface area contributed by atoms with Crippen molar-refractivity contribution in [3.05, 3.63) is 54.0 Å². The number of likely N-dealkylation sites (N-methyl/N-ethyl adjacent to an activating group) is 1. The summed E-state index contributed by atoms with van der Waals surface area (Å²) in [6, 6.07) is 12.0. The molecule has 1 heterocycles. The van der Waals surface area contributed by atoms with Crippen LogP contribution in [-0.4, -0.2) is 45.7 Å². The summed E-state index contributed by atoms with van der Waals surface area (Å²) in [7, 11) is 7.49. The minimum atomic E-state index is 0.135. The van der Waals surface area contributed by atoms with Gasteiger partial charge in [0.2, 0.25) is 0 Å². The van der Waals surface area contributed by atoms with Crippen molar-refractivity contribution in [2.45, 2.75) is 12.6 Å². The number of benzene rings is 1. The molecule has 6 nitrogen and oxygen atoms in total. The number of methoxy groups -OCH3 is 1. The van der Waals surface area contributed by atoms with Crippen LogP contribution in [0.25, 0.3) is 0 Å². The van der Waals surface area contributed by atoms with Crippen molar-refractivity contribution in [1.29, 1.82) is 0 Å². The Morgan fingerprint density at radius 3 is 2.71 bits per heavy atom. The predicted octanol–water partition coefficient (Wildman–Crippen LogP) is 2.26. The number of furan rings is 1. The third-order valence-electron chi connectivity index (χ3n) is 3.78. The summed E-state index contributed by atoms with van der Waals surface area (Å²) < 4.78 is 10.8. The Balaban J connectivity index is 1.89. The topological polar surface area (TPSA) is 62.0 Å². The molecule has 2 rings (SSSR count). The van der Waals surface area contributed by atoms with Gasteiger partial charge in [0.1, 0.15) is 11.5 Å². The normalized spacial score (nSPS) is 13.0. The number of ether oxygens (including phenoxy) is 1. The van der Waals surface area contributed by atoms with Gasteiger partial charge >= 0.3 is 0 Å². The lowest BCUT2D eigenvalue weighted by Crippen LogP contribution is -2.41. The summed E-state index contributed by atoms with van der Waals surface area (Å²) in [5.74, 6) is 2.52. The quantitative estimate of drug-likeness (QED) is 0.602. The molecule has 0 spiro atoms. The molecular formula is C18H26N4O2. The molecule has 0 aliphatic carbocycles. The maximum atomic E-state index is 5.52. The highest BCUT2D eigenvalue weighted by Crippen LogP contribution is 2.17. The molecule has 0 aliphatic heterocycles. The van der Waals surface area contributed by atoms with E-state index in [4.69, 9.17) is 9.15 Å². The standard InChI is InChI=1S/C18H26N4O2/c1-19-18(20-12-14-7-5-8-15(11-14)23-4)21-13-16(22(2)3)17-9-6-10-24-17/h5-11,16H,12-13H2,1-4H3,(H2,19,20,21). The molecule has 0 amide bonds. The zero-order chi connectivity index (χ0) is 17.4. The molecule has 2 aromatic rings. The second kappa shape index (κ2) is 8.98. The molecule has 24 heavy (non-hydrogen) atoms. The van der Waals surface area contributed by atoms with E-state index in [2.05, 4.69) is 20.5 Å². The van der Waals surface area contributed by atoms with E-state index < -0.39 is 0 Å². The highest BCUT2D eigenvalue weighted by Gasteiger charge is 2.17. The van der Waals surface area contributed by atoms with E-state index in [1.807, 2.05) is 50.5 Å². The van der Waals surface area contributed by atoms with E-state index >= 15 is 0 Å². The lowest BCUT2D eigenvalue weighted by Gasteiger charge is -2.23. The molecule has 1 unspecified atom stereocenters. The third kappa shape index (κ3) is 5.03. The number of guanidine groups is 1. The number of aliphatic imine (C=N–C) groups is 1. The minimum absolute atomic E-state index is 0.135. The van der Waals surface area contributed by atoms with Gasteiger partial charge in [-0.3, -0.25) is 9.89 Å². The Hall–Kier alpha value is -2.47. The fraction of sp³-hybridized carbons (Fsp3) is 0.389. The smallest absolute Gasteiger partial charge is 0.191 e. The zero-order valence-corrected chi connectivity index (χ0v) is 14.7. The van der Waals surface area contributed by atoms with Crippen LogP contribution in [0.4, 0.5) is 0 Å². The maximum absolute atomic E-state index is 5.52. The molecule has 0 fully saturated rings. The number of hydrogen-bond donors (Lipinski definition) is 2. The van der Waals surface area contributed by atoms with Crippen molar-refractivity contribution in [3.8, 4) is 5.75 Å². The molecule has 0 radical (unpaired) electrons. The van der Waals surface area contributed by atoms with Gasteiger partial charge in [-0.05, 0) is 43.9 Å². The van der Waals surface area contributed by atoms with E-state index in [1.165, 1.54) is 0 Å². The molecule has 0 aliphatic rings. The fourth-order valence-corrected chi connectivity index (χ4v) is 2.40. The SMILES string of the molecule is CN=C(NCc1cccc(OC)c1)NCC(c1ccco1)N(C)C. The largest absolute Gasteiger partial charge is 0.497 e. The van der Waals surface area contributed by atoms with Gasteiger partial charge in [-0.25, -0.2) is 0 Å². The molecule has 0 bridgehead atoms. The minimum Gasteiger partial charge on any atom is -0.497 e.